The number of nitrogens with zero attached hydrogens (tertiary/aromatic N) is 3. The second kappa shape index (κ2) is 11.1. The Balaban J connectivity index is 1.22. The summed E-state index contributed by atoms with van der Waals surface area (Å²) in [5.41, 5.74) is 5.96. The number of hydrogen-bond acceptors (Lipinski definition) is 5. The maximum Gasteiger partial charge on any atom is 0.164 e. The molecule has 0 aliphatic heterocycles. The lowest BCUT2D eigenvalue weighted by molar-refractivity contribution is 0.672. The first-order valence-electron chi connectivity index (χ1n) is 18.1. The van der Waals surface area contributed by atoms with E-state index in [1.807, 2.05) is 24.3 Å². The van der Waals surface area contributed by atoms with Crippen LogP contribution in [0.25, 0.3) is 121 Å². The molecular formula is C49H27N3O2. The van der Waals surface area contributed by atoms with E-state index in [0.717, 1.165) is 92.9 Å². The van der Waals surface area contributed by atoms with E-state index in [-0.39, 0.29) is 0 Å². The molecule has 0 N–H and O–H groups in total. The molecule has 0 unspecified atom stereocenters. The molecule has 12 rings (SSSR count). The fourth-order valence-electron chi connectivity index (χ4n) is 8.36. The summed E-state index contributed by atoms with van der Waals surface area (Å²) in [7, 11) is 0. The van der Waals surface area contributed by atoms with Gasteiger partial charge in [0.1, 0.15) is 22.3 Å². The third-order valence-corrected chi connectivity index (χ3v) is 10.9. The van der Waals surface area contributed by atoms with Crippen LogP contribution < -0.4 is 0 Å². The molecule has 250 valence electrons. The van der Waals surface area contributed by atoms with Crippen LogP contribution in [0, 0.1) is 0 Å². The zero-order chi connectivity index (χ0) is 35.3. The van der Waals surface area contributed by atoms with Gasteiger partial charge in [-0.3, -0.25) is 0 Å². The lowest BCUT2D eigenvalue weighted by Gasteiger charge is -2.12. The van der Waals surface area contributed by atoms with Crippen LogP contribution in [0.5, 0.6) is 0 Å². The second-order valence-electron chi connectivity index (χ2n) is 13.9. The molecule has 54 heavy (non-hydrogen) atoms. The Morgan fingerprint density at radius 3 is 1.31 bits per heavy atom. The molecule has 5 nitrogen and oxygen atoms in total. The molecule has 12 aromatic rings. The first-order valence-corrected chi connectivity index (χ1v) is 18.1. The minimum Gasteiger partial charge on any atom is -0.455 e. The molecule has 0 atom stereocenters. The SMILES string of the molecule is c1ccc2c(c1)ccc1ccc(-c3nc(-c4cc5ccccc5c5oc6ccccc6c45)nc(-c4cc5ccccc5c5oc6ccccc6c45)n3)cc12. The number of rotatable bonds is 3. The second-order valence-corrected chi connectivity index (χ2v) is 13.9. The molecule has 0 spiro atoms. The molecule has 0 aliphatic carbocycles. The fraction of sp³-hybridized carbons (Fsp3) is 0. The molecule has 5 heteroatoms. The Morgan fingerprint density at radius 2 is 0.741 bits per heavy atom. The largest absolute Gasteiger partial charge is 0.455 e. The third kappa shape index (κ3) is 4.24. The van der Waals surface area contributed by atoms with Crippen molar-refractivity contribution < 1.29 is 8.83 Å². The zero-order valence-corrected chi connectivity index (χ0v) is 28.7. The Hall–Kier alpha value is -7.37. The molecule has 9 aromatic carbocycles. The summed E-state index contributed by atoms with van der Waals surface area (Å²) in [6.07, 6.45) is 0. The normalized spacial score (nSPS) is 12.1. The van der Waals surface area contributed by atoms with Crippen LogP contribution in [-0.4, -0.2) is 15.0 Å². The van der Waals surface area contributed by atoms with Gasteiger partial charge < -0.3 is 8.83 Å². The summed E-state index contributed by atoms with van der Waals surface area (Å²) in [5.74, 6) is 1.74. The Labute approximate surface area is 307 Å². The first-order chi connectivity index (χ1) is 26.7. The molecule has 0 amide bonds. The van der Waals surface area contributed by atoms with E-state index < -0.39 is 0 Å². The quantitative estimate of drug-likeness (QED) is 0.173. The van der Waals surface area contributed by atoms with Gasteiger partial charge in [0.25, 0.3) is 0 Å². The molecule has 0 fully saturated rings. The van der Waals surface area contributed by atoms with E-state index >= 15 is 0 Å². The van der Waals surface area contributed by atoms with E-state index in [1.165, 1.54) is 10.8 Å². The van der Waals surface area contributed by atoms with E-state index in [2.05, 4.69) is 140 Å². The highest BCUT2D eigenvalue weighted by Crippen LogP contribution is 2.43. The summed E-state index contributed by atoms with van der Waals surface area (Å²) in [6.45, 7) is 0. The molecule has 0 saturated carbocycles. The van der Waals surface area contributed by atoms with E-state index in [4.69, 9.17) is 23.8 Å². The van der Waals surface area contributed by atoms with Crippen LogP contribution in [0.1, 0.15) is 0 Å². The summed E-state index contributed by atoms with van der Waals surface area (Å²) in [5, 5.41) is 12.9. The predicted octanol–water partition coefficient (Wildman–Crippen LogP) is 13.3. The lowest BCUT2D eigenvalue weighted by atomic mass is 9.98. The average Bonchev–Trinajstić information content (AvgIpc) is 3.83. The number of furan rings is 2. The van der Waals surface area contributed by atoms with Gasteiger partial charge in [-0.1, -0.05) is 133 Å². The minimum atomic E-state index is 0.574. The van der Waals surface area contributed by atoms with Crippen LogP contribution in [-0.2, 0) is 0 Å². The molecule has 0 bridgehead atoms. The highest BCUT2D eigenvalue weighted by atomic mass is 16.3. The standard InChI is InChI=1S/C49H27N3O2/c1-4-14-33-28(11-1)21-22-29-23-24-32(27-38(29)33)47-50-48(39-25-30-12-2-5-15-34(30)45-43(39)36-17-7-9-19-41(36)53-45)52-49(51-47)40-26-31-13-3-6-16-35(31)46-44(40)37-18-8-10-20-42(37)54-46/h1-27H. The van der Waals surface area contributed by atoms with Crippen molar-refractivity contribution in [3.8, 4) is 34.2 Å². The summed E-state index contributed by atoms with van der Waals surface area (Å²) >= 11 is 0. The van der Waals surface area contributed by atoms with E-state index in [1.54, 1.807) is 0 Å². The van der Waals surface area contributed by atoms with Crippen molar-refractivity contribution >= 4 is 87.0 Å². The van der Waals surface area contributed by atoms with Crippen molar-refractivity contribution in [2.24, 2.45) is 0 Å². The summed E-state index contributed by atoms with van der Waals surface area (Å²) in [6, 6.07) is 56.8. The molecule has 3 heterocycles. The molecule has 0 saturated heterocycles. The number of benzene rings is 9. The van der Waals surface area contributed by atoms with Gasteiger partial charge in [0.15, 0.2) is 17.5 Å². The maximum absolute atomic E-state index is 6.61. The Kier molecular flexibility index (Phi) is 5.99. The average molecular weight is 690 g/mol. The predicted molar refractivity (Wildman–Crippen MR) is 221 cm³/mol. The van der Waals surface area contributed by atoms with Crippen molar-refractivity contribution in [3.63, 3.8) is 0 Å². The van der Waals surface area contributed by atoms with Gasteiger partial charge in [0, 0.05) is 49.0 Å². The van der Waals surface area contributed by atoms with Crippen LogP contribution >= 0.6 is 0 Å². The molecule has 3 aromatic heterocycles. The van der Waals surface area contributed by atoms with Crippen molar-refractivity contribution in [1.82, 2.24) is 15.0 Å². The van der Waals surface area contributed by atoms with E-state index in [9.17, 15) is 0 Å². The van der Waals surface area contributed by atoms with Gasteiger partial charge in [-0.2, -0.15) is 0 Å². The Morgan fingerprint density at radius 1 is 0.315 bits per heavy atom. The van der Waals surface area contributed by atoms with Crippen molar-refractivity contribution in [2.75, 3.05) is 0 Å². The molecule has 0 aliphatic rings. The molecular weight excluding hydrogens is 663 g/mol. The summed E-state index contributed by atoms with van der Waals surface area (Å²) < 4.78 is 13.2. The summed E-state index contributed by atoms with van der Waals surface area (Å²) in [4.78, 5) is 16.1. The topological polar surface area (TPSA) is 65.0 Å². The van der Waals surface area contributed by atoms with Crippen LogP contribution in [0.3, 0.4) is 0 Å². The highest BCUT2D eigenvalue weighted by Gasteiger charge is 2.23. The van der Waals surface area contributed by atoms with Crippen LogP contribution in [0.4, 0.5) is 0 Å². The lowest BCUT2D eigenvalue weighted by Crippen LogP contribution is -2.01. The van der Waals surface area contributed by atoms with Crippen molar-refractivity contribution in [2.45, 2.75) is 0 Å². The van der Waals surface area contributed by atoms with Crippen molar-refractivity contribution in [3.05, 3.63) is 164 Å². The first kappa shape index (κ1) is 29.2. The number of para-hydroxylation sites is 2. The van der Waals surface area contributed by atoms with Gasteiger partial charge in [-0.15, -0.1) is 0 Å². The number of fused-ring (bicyclic) bond motifs is 13. The van der Waals surface area contributed by atoms with Gasteiger partial charge in [-0.05, 0) is 62.6 Å². The van der Waals surface area contributed by atoms with Crippen molar-refractivity contribution in [1.29, 1.82) is 0 Å². The van der Waals surface area contributed by atoms with Crippen LogP contribution in [0.2, 0.25) is 0 Å². The third-order valence-electron chi connectivity index (χ3n) is 10.9. The zero-order valence-electron chi connectivity index (χ0n) is 28.7. The highest BCUT2D eigenvalue weighted by molar-refractivity contribution is 6.22. The van der Waals surface area contributed by atoms with Gasteiger partial charge >= 0.3 is 0 Å². The van der Waals surface area contributed by atoms with Gasteiger partial charge in [0.2, 0.25) is 0 Å². The van der Waals surface area contributed by atoms with Crippen LogP contribution in [0.15, 0.2) is 173 Å². The molecule has 0 radical (unpaired) electrons. The number of hydrogen-bond donors (Lipinski definition) is 0. The maximum atomic E-state index is 6.61. The minimum absolute atomic E-state index is 0.574. The monoisotopic (exact) mass is 689 g/mol. The van der Waals surface area contributed by atoms with E-state index in [0.29, 0.717) is 17.5 Å². The smallest absolute Gasteiger partial charge is 0.164 e. The van der Waals surface area contributed by atoms with Gasteiger partial charge in [0.05, 0.1) is 0 Å². The number of aromatic nitrogens is 3. The fourth-order valence-corrected chi connectivity index (χ4v) is 8.36. The Bertz CT molecular complexity index is 3350. The van der Waals surface area contributed by atoms with Gasteiger partial charge in [-0.25, -0.2) is 15.0 Å².